The summed E-state index contributed by atoms with van der Waals surface area (Å²) in [6, 6.07) is 21.5. The van der Waals surface area contributed by atoms with E-state index in [-0.39, 0.29) is 21.7 Å². The van der Waals surface area contributed by atoms with Crippen molar-refractivity contribution in [1.29, 1.82) is 0 Å². The molecule has 8 nitrogen and oxygen atoms in total. The van der Waals surface area contributed by atoms with E-state index in [0.29, 0.717) is 49.0 Å². The number of sulfone groups is 1. The Balaban J connectivity index is 1.51. The highest BCUT2D eigenvalue weighted by molar-refractivity contribution is 7.91. The quantitative estimate of drug-likeness (QED) is 0.381. The highest BCUT2D eigenvalue weighted by atomic mass is 32.2. The first-order valence-electron chi connectivity index (χ1n) is 11.1. The molecule has 0 bridgehead atoms. The number of methoxy groups -OCH3 is 1. The van der Waals surface area contributed by atoms with E-state index in [2.05, 4.69) is 10.3 Å². The molecule has 3 aromatic carbocycles. The summed E-state index contributed by atoms with van der Waals surface area (Å²) in [6.45, 7) is 1.23. The fraction of sp³-hybridized carbons (Fsp3) is 0.192. The summed E-state index contributed by atoms with van der Waals surface area (Å²) in [7, 11) is -2.48. The fourth-order valence-electron chi connectivity index (χ4n) is 3.75. The van der Waals surface area contributed by atoms with E-state index in [1.807, 2.05) is 30.3 Å². The number of ether oxygens (including phenoxy) is 3. The number of anilines is 1. The van der Waals surface area contributed by atoms with Crippen LogP contribution < -0.4 is 19.5 Å². The summed E-state index contributed by atoms with van der Waals surface area (Å²) >= 11 is 0. The van der Waals surface area contributed by atoms with Crippen molar-refractivity contribution >= 4 is 15.7 Å². The van der Waals surface area contributed by atoms with E-state index in [0.717, 1.165) is 5.56 Å². The van der Waals surface area contributed by atoms with Crippen LogP contribution in [0, 0.1) is 0 Å². The van der Waals surface area contributed by atoms with Gasteiger partial charge in [-0.05, 0) is 42.3 Å². The monoisotopic (exact) mass is 492 g/mol. The molecule has 0 aliphatic carbocycles. The standard InChI is InChI=1S/C26H24N2O6S/c1-31-20-9-5-8-19(16-20)24-28-26(25(34-24)27-13-12-18-6-3-2-4-7-18)35(29,30)21-10-11-22-23(17-21)33-15-14-32-22/h2-11,16-17,27H,12-15H2,1H3. The van der Waals surface area contributed by atoms with Gasteiger partial charge in [-0.1, -0.05) is 36.4 Å². The maximum atomic E-state index is 13.7. The minimum absolute atomic E-state index is 0.0401. The van der Waals surface area contributed by atoms with Gasteiger partial charge in [-0.3, -0.25) is 0 Å². The van der Waals surface area contributed by atoms with E-state index in [9.17, 15) is 8.42 Å². The van der Waals surface area contributed by atoms with Crippen molar-refractivity contribution in [1.82, 2.24) is 4.98 Å². The molecule has 0 amide bonds. The summed E-state index contributed by atoms with van der Waals surface area (Å²) in [5.41, 5.74) is 1.71. The number of oxazole rings is 1. The van der Waals surface area contributed by atoms with Crippen LogP contribution >= 0.6 is 0 Å². The number of hydrogen-bond donors (Lipinski definition) is 1. The van der Waals surface area contributed by atoms with Crippen LogP contribution in [0.15, 0.2) is 87.1 Å². The summed E-state index contributed by atoms with van der Waals surface area (Å²) in [5.74, 6) is 1.74. The molecule has 0 saturated heterocycles. The average molecular weight is 493 g/mol. The molecule has 9 heteroatoms. The molecule has 1 aromatic heterocycles. The first-order chi connectivity index (χ1) is 17.0. The van der Waals surface area contributed by atoms with Gasteiger partial charge in [-0.25, -0.2) is 8.42 Å². The molecule has 0 unspecified atom stereocenters. The van der Waals surface area contributed by atoms with Crippen LogP contribution in [0.2, 0.25) is 0 Å². The Labute approximate surface area is 203 Å². The van der Waals surface area contributed by atoms with Crippen LogP contribution in [0.4, 0.5) is 5.88 Å². The number of aromatic nitrogens is 1. The fourth-order valence-corrected chi connectivity index (χ4v) is 5.04. The lowest BCUT2D eigenvalue weighted by Gasteiger charge is -2.18. The molecule has 0 fully saturated rings. The van der Waals surface area contributed by atoms with Gasteiger partial charge >= 0.3 is 0 Å². The van der Waals surface area contributed by atoms with Crippen LogP contribution in [-0.4, -0.2) is 40.3 Å². The lowest BCUT2D eigenvalue weighted by molar-refractivity contribution is 0.171. The molecule has 0 atom stereocenters. The predicted molar refractivity (Wildman–Crippen MR) is 130 cm³/mol. The molecule has 1 aliphatic heterocycles. The molecule has 2 heterocycles. The summed E-state index contributed by atoms with van der Waals surface area (Å²) < 4.78 is 49.6. The highest BCUT2D eigenvalue weighted by Gasteiger charge is 2.30. The molecule has 0 saturated carbocycles. The molecule has 0 spiro atoms. The highest BCUT2D eigenvalue weighted by Crippen LogP contribution is 2.37. The molecule has 1 N–H and O–H groups in total. The summed E-state index contributed by atoms with van der Waals surface area (Å²) in [6.07, 6.45) is 0.680. The Hall–Kier alpha value is -3.98. The molecule has 180 valence electrons. The first-order valence-corrected chi connectivity index (χ1v) is 12.6. The van der Waals surface area contributed by atoms with Crippen LogP contribution in [0.5, 0.6) is 17.2 Å². The maximum absolute atomic E-state index is 13.7. The molecule has 5 rings (SSSR count). The van der Waals surface area contributed by atoms with E-state index in [1.165, 1.54) is 12.1 Å². The second-order valence-corrected chi connectivity index (χ2v) is 9.72. The van der Waals surface area contributed by atoms with Crippen molar-refractivity contribution in [2.45, 2.75) is 16.3 Å². The Morgan fingerprint density at radius 1 is 0.943 bits per heavy atom. The van der Waals surface area contributed by atoms with Crippen LogP contribution in [0.25, 0.3) is 11.5 Å². The first kappa shape index (κ1) is 22.8. The molecule has 4 aromatic rings. The van der Waals surface area contributed by atoms with Gasteiger partial charge in [0.25, 0.3) is 0 Å². The second-order valence-electron chi connectivity index (χ2n) is 7.86. The smallest absolute Gasteiger partial charge is 0.233 e. The Bertz CT molecular complexity index is 1430. The number of fused-ring (bicyclic) bond motifs is 1. The third kappa shape index (κ3) is 4.81. The Morgan fingerprint density at radius 3 is 2.54 bits per heavy atom. The van der Waals surface area contributed by atoms with Gasteiger partial charge in [-0.2, -0.15) is 4.98 Å². The van der Waals surface area contributed by atoms with Crippen LogP contribution in [-0.2, 0) is 16.3 Å². The molecular weight excluding hydrogens is 468 g/mol. The third-order valence-corrected chi connectivity index (χ3v) is 7.19. The van der Waals surface area contributed by atoms with E-state index in [4.69, 9.17) is 18.6 Å². The summed E-state index contributed by atoms with van der Waals surface area (Å²) in [4.78, 5) is 4.44. The number of nitrogens with one attached hydrogen (secondary N) is 1. The largest absolute Gasteiger partial charge is 0.497 e. The average Bonchev–Trinajstić information content (AvgIpc) is 3.34. The van der Waals surface area contributed by atoms with Gasteiger partial charge in [0.15, 0.2) is 11.5 Å². The topological polar surface area (TPSA) is 99.9 Å². The minimum Gasteiger partial charge on any atom is -0.497 e. The van der Waals surface area contributed by atoms with Gasteiger partial charge in [0.1, 0.15) is 19.0 Å². The van der Waals surface area contributed by atoms with Crippen molar-refractivity contribution in [3.63, 3.8) is 0 Å². The van der Waals surface area contributed by atoms with E-state index < -0.39 is 9.84 Å². The zero-order valence-electron chi connectivity index (χ0n) is 19.1. The van der Waals surface area contributed by atoms with Gasteiger partial charge < -0.3 is 23.9 Å². The van der Waals surface area contributed by atoms with Crippen molar-refractivity contribution in [2.75, 3.05) is 32.2 Å². The SMILES string of the molecule is COc1cccc(-c2nc(S(=O)(=O)c3ccc4c(c3)OCCO4)c(NCCc3ccccc3)o2)c1. The molecule has 1 aliphatic rings. The van der Waals surface area contributed by atoms with Crippen molar-refractivity contribution in [3.05, 3.63) is 78.4 Å². The van der Waals surface area contributed by atoms with E-state index >= 15 is 0 Å². The van der Waals surface area contributed by atoms with Crippen LogP contribution in [0.3, 0.4) is 0 Å². The lowest BCUT2D eigenvalue weighted by atomic mass is 10.1. The third-order valence-electron chi connectivity index (χ3n) is 5.53. The van der Waals surface area contributed by atoms with E-state index in [1.54, 1.807) is 37.4 Å². The minimum atomic E-state index is -4.04. The molecular formula is C26H24N2O6S. The zero-order chi connectivity index (χ0) is 24.3. The number of nitrogens with zero attached hydrogens (tertiary/aromatic N) is 1. The summed E-state index contributed by atoms with van der Waals surface area (Å²) in [5, 5.41) is 2.93. The van der Waals surface area contributed by atoms with Gasteiger partial charge in [-0.15, -0.1) is 0 Å². The zero-order valence-corrected chi connectivity index (χ0v) is 19.9. The number of hydrogen-bond acceptors (Lipinski definition) is 8. The van der Waals surface area contributed by atoms with Gasteiger partial charge in [0.2, 0.25) is 26.6 Å². The van der Waals surface area contributed by atoms with Gasteiger partial charge in [0.05, 0.1) is 12.0 Å². The predicted octanol–water partition coefficient (Wildman–Crippen LogP) is 4.61. The lowest BCUT2D eigenvalue weighted by Crippen LogP contribution is -2.16. The Kier molecular flexibility index (Phi) is 6.33. The van der Waals surface area contributed by atoms with Crippen molar-refractivity contribution < 1.29 is 27.0 Å². The van der Waals surface area contributed by atoms with Crippen molar-refractivity contribution in [2.24, 2.45) is 0 Å². The normalized spacial score (nSPS) is 12.8. The van der Waals surface area contributed by atoms with Gasteiger partial charge in [0, 0.05) is 18.2 Å². The number of benzene rings is 3. The molecule has 35 heavy (non-hydrogen) atoms. The second kappa shape index (κ2) is 9.71. The van der Waals surface area contributed by atoms with Crippen LogP contribution in [0.1, 0.15) is 5.56 Å². The molecule has 0 radical (unpaired) electrons. The maximum Gasteiger partial charge on any atom is 0.233 e. The number of rotatable bonds is 8. The van der Waals surface area contributed by atoms with Crippen molar-refractivity contribution in [3.8, 4) is 28.7 Å². The Morgan fingerprint density at radius 2 is 1.74 bits per heavy atom.